The fourth-order valence-electron chi connectivity index (χ4n) is 1.52. The number of aromatic amines is 1. The summed E-state index contributed by atoms with van der Waals surface area (Å²) in [6.07, 6.45) is 0. The largest absolute Gasteiger partial charge is 0.390 e. The van der Waals surface area contributed by atoms with Crippen LogP contribution in [0.5, 0.6) is 0 Å². The van der Waals surface area contributed by atoms with Gasteiger partial charge in [-0.05, 0) is 30.7 Å². The molecule has 0 saturated heterocycles. The van der Waals surface area contributed by atoms with Crippen molar-refractivity contribution >= 4 is 10.9 Å². The van der Waals surface area contributed by atoms with Crippen LogP contribution in [0.15, 0.2) is 18.2 Å². The number of halogens is 1. The third-order valence-corrected chi connectivity index (χ3v) is 2.28. The highest BCUT2D eigenvalue weighted by atomic mass is 19.1. The number of aliphatic hydroxyl groups excluding tert-OH is 1. The molecule has 3 heteroatoms. The average Bonchev–Trinajstić information content (AvgIpc) is 2.42. The Labute approximate surface area is 75.0 Å². The lowest BCUT2D eigenvalue weighted by Crippen LogP contribution is -1.83. The number of H-pyrrole nitrogens is 1. The highest BCUT2D eigenvalue weighted by Gasteiger charge is 2.06. The van der Waals surface area contributed by atoms with Crippen LogP contribution in [0, 0.1) is 12.7 Å². The van der Waals surface area contributed by atoms with Crippen molar-refractivity contribution in [2.75, 3.05) is 0 Å². The summed E-state index contributed by atoms with van der Waals surface area (Å²) >= 11 is 0. The first-order chi connectivity index (χ1) is 6.22. The fraction of sp³-hybridized carbons (Fsp3) is 0.200. The third kappa shape index (κ3) is 1.21. The molecular formula is C10H10FNO. The van der Waals surface area contributed by atoms with Crippen LogP contribution in [-0.4, -0.2) is 10.1 Å². The van der Waals surface area contributed by atoms with Gasteiger partial charge in [-0.2, -0.15) is 0 Å². The number of fused-ring (bicyclic) bond motifs is 1. The van der Waals surface area contributed by atoms with Gasteiger partial charge in [0, 0.05) is 16.6 Å². The van der Waals surface area contributed by atoms with E-state index in [9.17, 15) is 4.39 Å². The monoisotopic (exact) mass is 179 g/mol. The molecule has 1 aromatic carbocycles. The minimum absolute atomic E-state index is 0.0396. The SMILES string of the molecule is Cc1c(CO)[nH]c2cc(F)ccc12. The highest BCUT2D eigenvalue weighted by Crippen LogP contribution is 2.22. The van der Waals surface area contributed by atoms with E-state index in [0.717, 1.165) is 22.2 Å². The molecule has 1 heterocycles. The molecule has 0 spiro atoms. The van der Waals surface area contributed by atoms with Crippen LogP contribution in [-0.2, 0) is 6.61 Å². The van der Waals surface area contributed by atoms with Crippen molar-refractivity contribution in [3.05, 3.63) is 35.3 Å². The van der Waals surface area contributed by atoms with Gasteiger partial charge in [0.15, 0.2) is 0 Å². The number of hydrogen-bond acceptors (Lipinski definition) is 1. The van der Waals surface area contributed by atoms with E-state index in [1.54, 1.807) is 6.07 Å². The van der Waals surface area contributed by atoms with E-state index in [-0.39, 0.29) is 12.4 Å². The second kappa shape index (κ2) is 2.85. The Morgan fingerprint density at radius 3 is 2.92 bits per heavy atom. The van der Waals surface area contributed by atoms with Crippen molar-refractivity contribution in [2.24, 2.45) is 0 Å². The van der Waals surface area contributed by atoms with Crippen LogP contribution in [0.3, 0.4) is 0 Å². The average molecular weight is 179 g/mol. The summed E-state index contributed by atoms with van der Waals surface area (Å²) in [5.74, 6) is -0.266. The number of aliphatic hydroxyl groups is 1. The van der Waals surface area contributed by atoms with Crippen LogP contribution < -0.4 is 0 Å². The Morgan fingerprint density at radius 1 is 1.46 bits per heavy atom. The molecule has 13 heavy (non-hydrogen) atoms. The van der Waals surface area contributed by atoms with Gasteiger partial charge >= 0.3 is 0 Å². The first-order valence-corrected chi connectivity index (χ1v) is 4.10. The third-order valence-electron chi connectivity index (χ3n) is 2.28. The molecule has 68 valence electrons. The first kappa shape index (κ1) is 8.26. The van der Waals surface area contributed by atoms with Gasteiger partial charge in [0.05, 0.1) is 6.61 Å². The van der Waals surface area contributed by atoms with Crippen molar-refractivity contribution in [1.29, 1.82) is 0 Å². The Morgan fingerprint density at radius 2 is 2.23 bits per heavy atom. The molecule has 0 amide bonds. The maximum Gasteiger partial charge on any atom is 0.125 e. The zero-order chi connectivity index (χ0) is 9.42. The van der Waals surface area contributed by atoms with Crippen LogP contribution in [0.25, 0.3) is 10.9 Å². The molecule has 0 aliphatic heterocycles. The number of hydrogen-bond donors (Lipinski definition) is 2. The quantitative estimate of drug-likeness (QED) is 0.691. The molecular weight excluding hydrogens is 169 g/mol. The van der Waals surface area contributed by atoms with E-state index in [1.165, 1.54) is 12.1 Å². The number of benzene rings is 1. The summed E-state index contributed by atoms with van der Waals surface area (Å²) in [7, 11) is 0. The van der Waals surface area contributed by atoms with Crippen LogP contribution >= 0.6 is 0 Å². The smallest absolute Gasteiger partial charge is 0.125 e. The van der Waals surface area contributed by atoms with Gasteiger partial charge in [-0.25, -0.2) is 4.39 Å². The highest BCUT2D eigenvalue weighted by molar-refractivity contribution is 5.84. The van der Waals surface area contributed by atoms with E-state index in [2.05, 4.69) is 4.98 Å². The summed E-state index contributed by atoms with van der Waals surface area (Å²) < 4.78 is 12.8. The lowest BCUT2D eigenvalue weighted by atomic mass is 10.1. The molecule has 0 unspecified atom stereocenters. The number of aryl methyl sites for hydroxylation is 1. The van der Waals surface area contributed by atoms with Crippen molar-refractivity contribution < 1.29 is 9.50 Å². The molecule has 0 bridgehead atoms. The topological polar surface area (TPSA) is 36.0 Å². The van der Waals surface area contributed by atoms with Gasteiger partial charge in [-0.3, -0.25) is 0 Å². The van der Waals surface area contributed by atoms with E-state index in [4.69, 9.17) is 5.11 Å². The Kier molecular flexibility index (Phi) is 1.81. The molecule has 0 atom stereocenters. The normalized spacial score (nSPS) is 11.0. The summed E-state index contributed by atoms with van der Waals surface area (Å²) in [6, 6.07) is 4.57. The van der Waals surface area contributed by atoms with Crippen molar-refractivity contribution in [3.8, 4) is 0 Å². The second-order valence-corrected chi connectivity index (χ2v) is 3.08. The molecule has 2 rings (SSSR count). The molecule has 0 radical (unpaired) electrons. The Hall–Kier alpha value is -1.35. The standard InChI is InChI=1S/C10H10FNO/c1-6-8-3-2-7(11)4-9(8)12-10(6)5-13/h2-4,12-13H,5H2,1H3. The number of rotatable bonds is 1. The molecule has 2 aromatic rings. The molecule has 1 aromatic heterocycles. The predicted molar refractivity (Wildman–Crippen MR) is 48.9 cm³/mol. The van der Waals surface area contributed by atoms with Crippen molar-refractivity contribution in [2.45, 2.75) is 13.5 Å². The van der Waals surface area contributed by atoms with Gasteiger partial charge < -0.3 is 10.1 Å². The molecule has 0 aliphatic rings. The fourth-order valence-corrected chi connectivity index (χ4v) is 1.52. The van der Waals surface area contributed by atoms with Gasteiger partial charge in [-0.1, -0.05) is 0 Å². The maximum absolute atomic E-state index is 12.8. The van der Waals surface area contributed by atoms with Gasteiger partial charge in [0.25, 0.3) is 0 Å². The van der Waals surface area contributed by atoms with Gasteiger partial charge in [0.1, 0.15) is 5.82 Å². The Bertz CT molecular complexity index is 447. The van der Waals surface area contributed by atoms with Gasteiger partial charge in [0.2, 0.25) is 0 Å². The molecule has 0 aliphatic carbocycles. The van der Waals surface area contributed by atoms with E-state index < -0.39 is 0 Å². The van der Waals surface area contributed by atoms with Crippen LogP contribution in [0.1, 0.15) is 11.3 Å². The van der Waals surface area contributed by atoms with E-state index in [0.29, 0.717) is 0 Å². The minimum Gasteiger partial charge on any atom is -0.390 e. The predicted octanol–water partition coefficient (Wildman–Crippen LogP) is 2.11. The Balaban J connectivity index is 2.76. The summed E-state index contributed by atoms with van der Waals surface area (Å²) in [4.78, 5) is 2.96. The second-order valence-electron chi connectivity index (χ2n) is 3.08. The zero-order valence-electron chi connectivity index (χ0n) is 7.26. The van der Waals surface area contributed by atoms with Crippen LogP contribution in [0.2, 0.25) is 0 Å². The minimum atomic E-state index is -0.266. The maximum atomic E-state index is 12.8. The van der Waals surface area contributed by atoms with E-state index in [1.807, 2.05) is 6.92 Å². The lowest BCUT2D eigenvalue weighted by molar-refractivity contribution is 0.277. The summed E-state index contributed by atoms with van der Waals surface area (Å²) in [5, 5.41) is 9.93. The molecule has 0 fully saturated rings. The summed E-state index contributed by atoms with van der Waals surface area (Å²) in [6.45, 7) is 1.87. The zero-order valence-corrected chi connectivity index (χ0v) is 7.26. The van der Waals surface area contributed by atoms with Gasteiger partial charge in [-0.15, -0.1) is 0 Å². The molecule has 2 N–H and O–H groups in total. The van der Waals surface area contributed by atoms with Crippen molar-refractivity contribution in [1.82, 2.24) is 4.98 Å². The number of nitrogens with one attached hydrogen (secondary N) is 1. The lowest BCUT2D eigenvalue weighted by Gasteiger charge is -1.91. The summed E-state index contributed by atoms with van der Waals surface area (Å²) in [5.41, 5.74) is 2.47. The number of aromatic nitrogens is 1. The molecule has 2 nitrogen and oxygen atoms in total. The van der Waals surface area contributed by atoms with Crippen LogP contribution in [0.4, 0.5) is 4.39 Å². The van der Waals surface area contributed by atoms with Crippen molar-refractivity contribution in [3.63, 3.8) is 0 Å². The van der Waals surface area contributed by atoms with E-state index >= 15 is 0 Å². The molecule has 0 saturated carbocycles. The first-order valence-electron chi connectivity index (χ1n) is 4.10.